The second-order valence-corrected chi connectivity index (χ2v) is 5.08. The fraction of sp³-hybridized carbons (Fsp3) is 0.100. The fourth-order valence-corrected chi connectivity index (χ4v) is 2.51. The lowest BCUT2D eigenvalue weighted by Gasteiger charge is -1.98. The van der Waals surface area contributed by atoms with Crippen molar-refractivity contribution in [3.63, 3.8) is 0 Å². The van der Waals surface area contributed by atoms with Crippen LogP contribution < -0.4 is 5.73 Å². The molecule has 0 radical (unpaired) electrons. The average Bonchev–Trinajstić information content (AvgIpc) is 2.45. The number of benzene rings is 1. The molecular formula is C10H9BrN2S. The number of thiazole rings is 1. The smallest absolute Gasteiger partial charge is 0.142 e. The number of rotatable bonds is 1. The summed E-state index contributed by atoms with van der Waals surface area (Å²) in [5.74, 6) is 0.616. The molecule has 1 aromatic carbocycles. The van der Waals surface area contributed by atoms with E-state index < -0.39 is 0 Å². The van der Waals surface area contributed by atoms with Crippen molar-refractivity contribution < 1.29 is 0 Å². The van der Waals surface area contributed by atoms with Gasteiger partial charge in [-0.15, -0.1) is 11.3 Å². The number of nitrogen functional groups attached to an aromatic ring is 1. The van der Waals surface area contributed by atoms with Gasteiger partial charge in [-0.1, -0.05) is 28.1 Å². The molecule has 1 aromatic heterocycles. The van der Waals surface area contributed by atoms with Crippen molar-refractivity contribution in [3.8, 4) is 10.4 Å². The van der Waals surface area contributed by atoms with Crippen LogP contribution in [-0.2, 0) is 0 Å². The zero-order valence-corrected chi connectivity index (χ0v) is 10.0. The number of nitrogens with two attached hydrogens (primary N) is 1. The molecule has 2 nitrogen and oxygen atoms in total. The van der Waals surface area contributed by atoms with Crippen LogP contribution in [0.15, 0.2) is 28.7 Å². The van der Waals surface area contributed by atoms with Gasteiger partial charge in [-0.3, -0.25) is 0 Å². The molecule has 0 saturated carbocycles. The van der Waals surface area contributed by atoms with Gasteiger partial charge in [0.05, 0.1) is 9.88 Å². The maximum Gasteiger partial charge on any atom is 0.142 e. The normalized spacial score (nSPS) is 10.4. The second-order valence-electron chi connectivity index (χ2n) is 2.96. The minimum Gasteiger partial charge on any atom is -0.382 e. The Morgan fingerprint density at radius 1 is 1.43 bits per heavy atom. The molecule has 0 atom stereocenters. The first-order chi connectivity index (χ1) is 6.66. The first-order valence-corrected chi connectivity index (χ1v) is 5.76. The summed E-state index contributed by atoms with van der Waals surface area (Å²) in [5.41, 5.74) is 6.92. The average molecular weight is 269 g/mol. The molecule has 0 fully saturated rings. The van der Waals surface area contributed by atoms with E-state index >= 15 is 0 Å². The van der Waals surface area contributed by atoms with Gasteiger partial charge in [0.15, 0.2) is 0 Å². The summed E-state index contributed by atoms with van der Waals surface area (Å²) in [6, 6.07) is 8.07. The molecule has 2 N–H and O–H groups in total. The van der Waals surface area contributed by atoms with Crippen molar-refractivity contribution in [1.29, 1.82) is 0 Å². The summed E-state index contributed by atoms with van der Waals surface area (Å²) < 4.78 is 1.06. The Morgan fingerprint density at radius 2 is 2.21 bits per heavy atom. The predicted octanol–water partition coefficient (Wildman–Crippen LogP) is 3.46. The third kappa shape index (κ3) is 1.81. The molecule has 72 valence electrons. The highest BCUT2D eigenvalue weighted by Gasteiger charge is 2.07. The zero-order valence-electron chi connectivity index (χ0n) is 7.62. The first-order valence-electron chi connectivity index (χ1n) is 4.15. The van der Waals surface area contributed by atoms with Crippen LogP contribution in [0.25, 0.3) is 10.4 Å². The summed E-state index contributed by atoms with van der Waals surface area (Å²) in [6.07, 6.45) is 0. The monoisotopic (exact) mass is 268 g/mol. The lowest BCUT2D eigenvalue weighted by Crippen LogP contribution is -1.86. The molecule has 2 aromatic rings. The van der Waals surface area contributed by atoms with Crippen molar-refractivity contribution in [2.75, 3.05) is 5.73 Å². The maximum atomic E-state index is 5.81. The van der Waals surface area contributed by atoms with Crippen LogP contribution in [0.4, 0.5) is 5.82 Å². The van der Waals surface area contributed by atoms with Gasteiger partial charge < -0.3 is 5.73 Å². The molecule has 0 spiro atoms. The molecular weight excluding hydrogens is 260 g/mol. The SMILES string of the molecule is Cc1nc(N)c(-c2cccc(Br)c2)s1. The number of hydrogen-bond acceptors (Lipinski definition) is 3. The largest absolute Gasteiger partial charge is 0.382 e. The second kappa shape index (κ2) is 3.71. The highest BCUT2D eigenvalue weighted by atomic mass is 79.9. The van der Waals surface area contributed by atoms with Crippen molar-refractivity contribution in [1.82, 2.24) is 4.98 Å². The summed E-state index contributed by atoms with van der Waals surface area (Å²) >= 11 is 5.05. The van der Waals surface area contributed by atoms with Gasteiger partial charge in [0, 0.05) is 4.47 Å². The molecule has 0 aliphatic heterocycles. The van der Waals surface area contributed by atoms with E-state index in [2.05, 4.69) is 20.9 Å². The molecule has 2 rings (SSSR count). The lowest BCUT2D eigenvalue weighted by molar-refractivity contribution is 1.31. The van der Waals surface area contributed by atoms with Crippen LogP contribution in [0.2, 0.25) is 0 Å². The Hall–Kier alpha value is -0.870. The quantitative estimate of drug-likeness (QED) is 0.861. The Bertz CT molecular complexity index is 465. The van der Waals surface area contributed by atoms with E-state index in [4.69, 9.17) is 5.73 Å². The van der Waals surface area contributed by atoms with E-state index in [-0.39, 0.29) is 0 Å². The molecule has 0 amide bonds. The summed E-state index contributed by atoms with van der Waals surface area (Å²) in [5, 5.41) is 0.998. The fourth-order valence-electron chi connectivity index (χ4n) is 1.28. The number of aromatic nitrogens is 1. The van der Waals surface area contributed by atoms with Gasteiger partial charge in [0.1, 0.15) is 5.82 Å². The van der Waals surface area contributed by atoms with Crippen LogP contribution in [0, 0.1) is 6.92 Å². The van der Waals surface area contributed by atoms with Gasteiger partial charge in [-0.05, 0) is 24.6 Å². The van der Waals surface area contributed by atoms with Gasteiger partial charge >= 0.3 is 0 Å². The minimum absolute atomic E-state index is 0.616. The Morgan fingerprint density at radius 3 is 2.79 bits per heavy atom. The predicted molar refractivity (Wildman–Crippen MR) is 64.4 cm³/mol. The van der Waals surface area contributed by atoms with Crippen molar-refractivity contribution >= 4 is 33.1 Å². The van der Waals surface area contributed by atoms with Gasteiger partial charge in [-0.2, -0.15) is 0 Å². The van der Waals surface area contributed by atoms with Crippen molar-refractivity contribution in [2.24, 2.45) is 0 Å². The minimum atomic E-state index is 0.616. The highest BCUT2D eigenvalue weighted by molar-refractivity contribution is 9.10. The van der Waals surface area contributed by atoms with Crippen LogP contribution in [-0.4, -0.2) is 4.98 Å². The molecule has 4 heteroatoms. The summed E-state index contributed by atoms with van der Waals surface area (Å²) in [4.78, 5) is 5.24. The number of hydrogen-bond donors (Lipinski definition) is 1. The van der Waals surface area contributed by atoms with Gasteiger partial charge in [0.2, 0.25) is 0 Å². The molecule has 1 heterocycles. The number of halogens is 1. The van der Waals surface area contributed by atoms with Crippen LogP contribution in [0.3, 0.4) is 0 Å². The van der Waals surface area contributed by atoms with E-state index in [1.807, 2.05) is 31.2 Å². The first kappa shape index (κ1) is 9.68. The lowest BCUT2D eigenvalue weighted by atomic mass is 10.2. The van der Waals surface area contributed by atoms with E-state index in [1.54, 1.807) is 11.3 Å². The molecule has 14 heavy (non-hydrogen) atoms. The third-order valence-corrected chi connectivity index (χ3v) is 3.38. The number of nitrogens with zero attached hydrogens (tertiary/aromatic N) is 1. The molecule has 0 aliphatic rings. The van der Waals surface area contributed by atoms with E-state index in [0.717, 1.165) is 19.9 Å². The van der Waals surface area contributed by atoms with Crippen molar-refractivity contribution in [2.45, 2.75) is 6.92 Å². The topological polar surface area (TPSA) is 38.9 Å². The van der Waals surface area contributed by atoms with Crippen LogP contribution in [0.1, 0.15) is 5.01 Å². The number of aryl methyl sites for hydroxylation is 1. The van der Waals surface area contributed by atoms with Gasteiger partial charge in [-0.25, -0.2) is 4.98 Å². The standard InChI is InChI=1S/C10H9BrN2S/c1-6-13-10(12)9(14-6)7-3-2-4-8(11)5-7/h2-5H,12H2,1H3. The Balaban J connectivity index is 2.54. The van der Waals surface area contributed by atoms with Gasteiger partial charge in [0.25, 0.3) is 0 Å². The summed E-state index contributed by atoms with van der Waals surface area (Å²) in [6.45, 7) is 1.96. The van der Waals surface area contributed by atoms with E-state index in [9.17, 15) is 0 Å². The molecule has 0 unspecified atom stereocenters. The Kier molecular flexibility index (Phi) is 2.56. The zero-order chi connectivity index (χ0) is 10.1. The highest BCUT2D eigenvalue weighted by Crippen LogP contribution is 2.32. The third-order valence-electron chi connectivity index (χ3n) is 1.85. The Labute approximate surface area is 94.9 Å². The molecule has 0 aliphatic carbocycles. The van der Waals surface area contributed by atoms with Crippen molar-refractivity contribution in [3.05, 3.63) is 33.7 Å². The van der Waals surface area contributed by atoms with E-state index in [1.165, 1.54) is 0 Å². The summed E-state index contributed by atoms with van der Waals surface area (Å²) in [7, 11) is 0. The molecule has 0 saturated heterocycles. The van der Waals surface area contributed by atoms with Crippen LogP contribution in [0.5, 0.6) is 0 Å². The number of anilines is 1. The van der Waals surface area contributed by atoms with Crippen LogP contribution >= 0.6 is 27.3 Å². The maximum absolute atomic E-state index is 5.81. The van der Waals surface area contributed by atoms with E-state index in [0.29, 0.717) is 5.82 Å². The molecule has 0 bridgehead atoms.